The molecule has 1 amide bonds. The Labute approximate surface area is 476 Å². The van der Waals surface area contributed by atoms with Crippen molar-refractivity contribution in [2.75, 3.05) is 49.3 Å². The molecule has 2 unspecified atom stereocenters. The molecule has 0 spiro atoms. The van der Waals surface area contributed by atoms with Crippen LogP contribution < -0.4 is 21.7 Å². The van der Waals surface area contributed by atoms with Crippen molar-refractivity contribution in [1.29, 1.82) is 0 Å². The van der Waals surface area contributed by atoms with Gasteiger partial charge >= 0.3 is 30.3 Å². The summed E-state index contributed by atoms with van der Waals surface area (Å²) in [4.78, 5) is 61.6. The van der Waals surface area contributed by atoms with Crippen LogP contribution in [0.1, 0.15) is 120 Å². The number of thiocarbonyl (C=S) groups is 2. The number of nitrogens with zero attached hydrogens (tertiary/aromatic N) is 4. The van der Waals surface area contributed by atoms with E-state index in [1.807, 2.05) is 12.1 Å². The van der Waals surface area contributed by atoms with Crippen LogP contribution in [-0.2, 0) is 63.9 Å². The van der Waals surface area contributed by atoms with Gasteiger partial charge in [-0.2, -0.15) is 26.3 Å². The van der Waals surface area contributed by atoms with E-state index in [2.05, 4.69) is 35.9 Å². The fourth-order valence-corrected chi connectivity index (χ4v) is 11.2. The lowest BCUT2D eigenvalue weighted by atomic mass is 9.65. The molecule has 6 rings (SSSR count). The van der Waals surface area contributed by atoms with Gasteiger partial charge in [-0.15, -0.1) is 0 Å². The highest BCUT2D eigenvalue weighted by Gasteiger charge is 2.44. The number of carboxylic acids is 1. The van der Waals surface area contributed by atoms with Gasteiger partial charge in [-0.25, -0.2) is 51.2 Å². The number of nitrogens with two attached hydrogens (primary N) is 1. The number of nitrogens with one attached hydrogen (secondary N) is 3. The van der Waals surface area contributed by atoms with Crippen LogP contribution in [0.2, 0.25) is 0 Å². The van der Waals surface area contributed by atoms with Crippen molar-refractivity contribution in [2.45, 2.75) is 114 Å². The Balaban J connectivity index is 0.000000296. The van der Waals surface area contributed by atoms with Crippen molar-refractivity contribution in [3.05, 3.63) is 107 Å². The van der Waals surface area contributed by atoms with E-state index in [0.29, 0.717) is 59.4 Å². The van der Waals surface area contributed by atoms with Crippen LogP contribution in [0.4, 0.5) is 37.7 Å². The first-order valence-electron chi connectivity index (χ1n) is 25.2. The highest BCUT2D eigenvalue weighted by Crippen LogP contribution is 2.47. The summed E-state index contributed by atoms with van der Waals surface area (Å²) in [6.07, 6.45) is 6.27. The van der Waals surface area contributed by atoms with E-state index in [1.54, 1.807) is 24.3 Å². The van der Waals surface area contributed by atoms with Gasteiger partial charge < -0.3 is 36.3 Å². The van der Waals surface area contributed by atoms with Crippen molar-refractivity contribution < 1.29 is 76.9 Å². The highest BCUT2D eigenvalue weighted by molar-refractivity contribution is 7.90. The van der Waals surface area contributed by atoms with E-state index in [1.165, 1.54) is 38.9 Å². The standard InChI is InChI=1S/C26H31F3N4O5S2.C20H30N2O4S2.C6H3F3N2O2/c1-38-23(35)20(33-24(39)25(11-5-12-25)10-3-4-13-40(2,36)37)14-17-6-8-18(9-7-17)32-22(34)19-15-30-16-31-21(19)26(27,28)29;1-26-18(23)17(14-15-6-8-16(21)9-7-15)22-19(27)20(11-5-12-20)10-3-4-13-28(2,24)25;7-6(8,9)4-3(5(12)13)1-10-2-11-4/h6-9,15-16,20H,3-5,10-14H2,1-2H3,(H,32,34)(H,33,39);6-9,17H,3-5,10-14,21H2,1-2H3,(H,22,27);1-2H,(H,12,13). The molecule has 2 aliphatic rings. The van der Waals surface area contributed by atoms with Crippen LogP contribution in [0, 0.1) is 10.8 Å². The number of aromatic nitrogens is 4. The predicted octanol–water partition coefficient (Wildman–Crippen LogP) is 7.98. The number of unbranched alkanes of at least 4 members (excludes halogenated alkanes) is 2. The quantitative estimate of drug-likeness (QED) is 0.0155. The average Bonchev–Trinajstić information content (AvgIpc) is 3.47. The topological polar surface area (TPSA) is 289 Å². The summed E-state index contributed by atoms with van der Waals surface area (Å²) in [5.41, 5.74) is 3.45. The number of methoxy groups -OCH3 is 2. The number of hydrogen-bond acceptors (Lipinski definition) is 17. The molecule has 2 fully saturated rings. The van der Waals surface area contributed by atoms with Gasteiger partial charge in [-0.1, -0.05) is 74.4 Å². The van der Waals surface area contributed by atoms with E-state index in [0.717, 1.165) is 75.9 Å². The van der Waals surface area contributed by atoms with E-state index < -0.39 is 84.5 Å². The summed E-state index contributed by atoms with van der Waals surface area (Å²) in [5, 5.41) is 17.1. The van der Waals surface area contributed by atoms with Gasteiger partial charge in [0.15, 0.2) is 11.4 Å². The summed E-state index contributed by atoms with van der Waals surface area (Å²) in [6, 6.07) is 12.3. The Morgan fingerprint density at radius 2 is 1.04 bits per heavy atom. The van der Waals surface area contributed by atoms with Crippen LogP contribution >= 0.6 is 24.4 Å². The molecule has 0 bridgehead atoms. The van der Waals surface area contributed by atoms with Gasteiger partial charge in [0, 0.05) is 71.5 Å². The smallest absolute Gasteiger partial charge is 0.434 e. The second-order valence-corrected chi connectivity index (χ2v) is 25.0. The number of esters is 2. The van der Waals surface area contributed by atoms with Crippen molar-refractivity contribution in [1.82, 2.24) is 30.6 Å². The SMILES string of the molecule is COC(=O)C(Cc1ccc(N)cc1)NC(=S)C1(CCCCS(C)(=O)=O)CCC1.COC(=O)C(Cc1ccc(NC(=O)c2cncnc2C(F)(F)F)cc1)NC(=S)C1(CCCCS(C)(=O)=O)CCC1.O=C(O)c1cncnc1C(F)(F)F. The Morgan fingerprint density at radius 1 is 0.654 bits per heavy atom. The monoisotopic (exact) mass is 1220 g/mol. The molecular formula is C52H64F6N8O11S4. The number of benzene rings is 2. The third-order valence-corrected chi connectivity index (χ3v) is 16.7. The molecule has 81 heavy (non-hydrogen) atoms. The maximum Gasteiger partial charge on any atom is 0.434 e. The van der Waals surface area contributed by atoms with Gasteiger partial charge in [0.05, 0.1) is 29.8 Å². The molecule has 2 aromatic carbocycles. The molecule has 444 valence electrons. The molecule has 2 aliphatic carbocycles. The van der Waals surface area contributed by atoms with Crippen molar-refractivity contribution >= 4 is 89.3 Å². The molecule has 0 saturated heterocycles. The first-order chi connectivity index (χ1) is 37.8. The number of carboxylic acid groups (broad SMARTS) is 1. The number of carbonyl (C=O) groups excluding carboxylic acids is 3. The van der Waals surface area contributed by atoms with Gasteiger partial charge in [0.2, 0.25) is 0 Å². The lowest BCUT2D eigenvalue weighted by molar-refractivity contribution is -0.143. The fraction of sp³-hybridized carbons (Fsp3) is 0.500. The van der Waals surface area contributed by atoms with Crippen LogP contribution in [0.5, 0.6) is 0 Å². The number of alkyl halides is 6. The molecule has 2 heterocycles. The van der Waals surface area contributed by atoms with Crippen molar-refractivity contribution in [3.63, 3.8) is 0 Å². The van der Waals surface area contributed by atoms with Crippen LogP contribution in [0.3, 0.4) is 0 Å². The number of aromatic carboxylic acids is 1. The third kappa shape index (κ3) is 21.1. The first-order valence-corrected chi connectivity index (χ1v) is 30.1. The zero-order chi connectivity index (χ0) is 60.4. The van der Waals surface area contributed by atoms with E-state index in [9.17, 15) is 62.4 Å². The number of sulfone groups is 2. The normalized spacial score (nSPS) is 15.2. The Hall–Kier alpha value is -6.46. The average molecular weight is 1220 g/mol. The maximum absolute atomic E-state index is 13.2. The summed E-state index contributed by atoms with van der Waals surface area (Å²) in [6.45, 7) is 0. The number of ether oxygens (including phenoxy) is 2. The molecule has 2 aromatic heterocycles. The Bertz CT molecular complexity index is 3060. The number of rotatable bonds is 23. The summed E-state index contributed by atoms with van der Waals surface area (Å²) >= 11 is 11.4. The van der Waals surface area contributed by atoms with E-state index in [-0.39, 0.29) is 40.4 Å². The minimum absolute atomic E-state index is 0.118. The molecule has 0 radical (unpaired) electrons. The summed E-state index contributed by atoms with van der Waals surface area (Å²) in [7, 11) is -3.34. The molecular weight excluding hydrogens is 1150 g/mol. The highest BCUT2D eigenvalue weighted by atomic mass is 32.2. The first kappa shape index (κ1) is 67.0. The number of halogens is 6. The molecule has 2 atom stereocenters. The lowest BCUT2D eigenvalue weighted by Crippen LogP contribution is -2.51. The number of anilines is 2. The summed E-state index contributed by atoms with van der Waals surface area (Å²) in [5.74, 6) is -3.27. The Kier molecular flexibility index (Phi) is 24.4. The number of nitrogen functional groups attached to an aromatic ring is 1. The Morgan fingerprint density at radius 3 is 1.37 bits per heavy atom. The van der Waals surface area contributed by atoms with E-state index in [4.69, 9.17) is 44.7 Å². The third-order valence-electron chi connectivity index (χ3n) is 13.5. The number of hydrogen-bond donors (Lipinski definition) is 5. The lowest BCUT2D eigenvalue weighted by Gasteiger charge is -2.43. The van der Waals surface area contributed by atoms with Gasteiger partial charge in [-0.3, -0.25) is 4.79 Å². The maximum atomic E-state index is 13.2. The number of amides is 1. The van der Waals surface area contributed by atoms with Crippen LogP contribution in [0.25, 0.3) is 0 Å². The number of carbonyl (C=O) groups is 4. The zero-order valence-electron chi connectivity index (χ0n) is 44.7. The van der Waals surface area contributed by atoms with Crippen LogP contribution in [-0.4, -0.2) is 126 Å². The van der Waals surface area contributed by atoms with Gasteiger partial charge in [-0.05, 0) is 86.8 Å². The zero-order valence-corrected chi connectivity index (χ0v) is 48.0. The predicted molar refractivity (Wildman–Crippen MR) is 296 cm³/mol. The minimum atomic E-state index is -4.82. The largest absolute Gasteiger partial charge is 0.478 e. The molecule has 4 aromatic rings. The second kappa shape index (κ2) is 29.5. The van der Waals surface area contributed by atoms with Crippen LogP contribution in [0.15, 0.2) is 73.6 Å². The summed E-state index contributed by atoms with van der Waals surface area (Å²) < 4.78 is 131. The van der Waals surface area contributed by atoms with E-state index >= 15 is 0 Å². The van der Waals surface area contributed by atoms with Gasteiger partial charge in [0.25, 0.3) is 5.91 Å². The molecule has 0 aliphatic heterocycles. The molecule has 29 heteroatoms. The van der Waals surface area contributed by atoms with Gasteiger partial charge in [0.1, 0.15) is 50.0 Å². The van der Waals surface area contributed by atoms with Crippen molar-refractivity contribution in [2.24, 2.45) is 10.8 Å². The molecule has 2 saturated carbocycles. The fourth-order valence-electron chi connectivity index (χ4n) is 8.82. The second-order valence-electron chi connectivity index (χ2n) is 19.7. The van der Waals surface area contributed by atoms with Crippen molar-refractivity contribution in [3.8, 4) is 0 Å². The molecule has 19 nitrogen and oxygen atoms in total. The molecule has 6 N–H and O–H groups in total. The minimum Gasteiger partial charge on any atom is -0.478 e.